The van der Waals surface area contributed by atoms with Gasteiger partial charge in [-0.15, -0.1) is 0 Å². The molecule has 4 heteroatoms. The lowest BCUT2D eigenvalue weighted by atomic mass is 10.0. The van der Waals surface area contributed by atoms with Gasteiger partial charge in [-0.05, 0) is 37.1 Å². The molecule has 0 aliphatic rings. The van der Waals surface area contributed by atoms with E-state index in [-0.39, 0.29) is 30.2 Å². The Labute approximate surface area is 135 Å². The van der Waals surface area contributed by atoms with Crippen LogP contribution < -0.4 is 4.74 Å². The summed E-state index contributed by atoms with van der Waals surface area (Å²) in [5.41, 5.74) is 2.46. The van der Waals surface area contributed by atoms with Gasteiger partial charge < -0.3 is 9.84 Å². The minimum Gasteiger partial charge on any atom is -0.504 e. The Morgan fingerprint density at radius 1 is 1.13 bits per heavy atom. The minimum atomic E-state index is -0.151. The third kappa shape index (κ3) is 4.68. The van der Waals surface area contributed by atoms with Crippen LogP contribution in [-0.2, 0) is 11.2 Å². The third-order valence-corrected chi connectivity index (χ3v) is 3.63. The summed E-state index contributed by atoms with van der Waals surface area (Å²) in [5.74, 6) is 0.202. The average Bonchev–Trinajstić information content (AvgIpc) is 2.54. The number of carbonyl (C=O) groups is 2. The fourth-order valence-corrected chi connectivity index (χ4v) is 2.35. The second-order valence-electron chi connectivity index (χ2n) is 5.51. The summed E-state index contributed by atoms with van der Waals surface area (Å²) < 4.78 is 5.04. The highest BCUT2D eigenvalue weighted by Gasteiger charge is 2.12. The molecule has 0 saturated carbocycles. The number of methoxy groups -OCH3 is 1. The first-order valence-electron chi connectivity index (χ1n) is 7.47. The highest BCUT2D eigenvalue weighted by atomic mass is 16.5. The summed E-state index contributed by atoms with van der Waals surface area (Å²) in [6.07, 6.45) is 0.709. The molecule has 0 fully saturated rings. The summed E-state index contributed by atoms with van der Waals surface area (Å²) in [6.45, 7) is 1.91. The Morgan fingerprint density at radius 3 is 2.61 bits per heavy atom. The molecule has 0 amide bonds. The second kappa shape index (κ2) is 7.58. The summed E-state index contributed by atoms with van der Waals surface area (Å²) in [7, 11) is 1.48. The number of phenolic OH excluding ortho intramolecular Hbond substituents is 1. The maximum absolute atomic E-state index is 12.1. The van der Waals surface area contributed by atoms with Gasteiger partial charge in [-0.25, -0.2) is 0 Å². The number of phenols is 1. The van der Waals surface area contributed by atoms with Gasteiger partial charge in [0.2, 0.25) is 0 Å². The second-order valence-corrected chi connectivity index (χ2v) is 5.51. The molecule has 2 aromatic carbocycles. The molecular weight excluding hydrogens is 292 g/mol. The predicted octanol–water partition coefficient (Wildman–Crippen LogP) is 3.48. The highest BCUT2D eigenvalue weighted by molar-refractivity contribution is 6.08. The molecule has 1 N–H and O–H groups in total. The van der Waals surface area contributed by atoms with Crippen LogP contribution in [0.3, 0.4) is 0 Å². The minimum absolute atomic E-state index is 0.0669. The highest BCUT2D eigenvalue weighted by Crippen LogP contribution is 2.26. The van der Waals surface area contributed by atoms with Gasteiger partial charge in [-0.2, -0.15) is 0 Å². The summed E-state index contributed by atoms with van der Waals surface area (Å²) in [4.78, 5) is 24.1. The van der Waals surface area contributed by atoms with Gasteiger partial charge in [0.1, 0.15) is 5.78 Å². The van der Waals surface area contributed by atoms with Crippen molar-refractivity contribution in [2.75, 3.05) is 7.11 Å². The van der Waals surface area contributed by atoms with Crippen molar-refractivity contribution in [3.05, 3.63) is 59.2 Å². The van der Waals surface area contributed by atoms with Crippen molar-refractivity contribution >= 4 is 11.6 Å². The average molecular weight is 312 g/mol. The zero-order valence-corrected chi connectivity index (χ0v) is 13.3. The lowest BCUT2D eigenvalue weighted by molar-refractivity contribution is -0.118. The first kappa shape index (κ1) is 16.7. The van der Waals surface area contributed by atoms with E-state index >= 15 is 0 Å². The molecule has 0 aromatic heterocycles. The maximum Gasteiger partial charge on any atom is 0.170 e. The number of ketones is 2. The Balaban J connectivity index is 1.91. The van der Waals surface area contributed by atoms with Gasteiger partial charge in [0, 0.05) is 12.0 Å². The van der Waals surface area contributed by atoms with Crippen LogP contribution in [0.1, 0.15) is 34.3 Å². The van der Waals surface area contributed by atoms with Crippen LogP contribution in [0.2, 0.25) is 0 Å². The summed E-state index contributed by atoms with van der Waals surface area (Å²) >= 11 is 0. The zero-order chi connectivity index (χ0) is 16.8. The van der Waals surface area contributed by atoms with E-state index in [2.05, 4.69) is 0 Å². The van der Waals surface area contributed by atoms with E-state index in [4.69, 9.17) is 4.74 Å². The molecule has 0 atom stereocenters. The van der Waals surface area contributed by atoms with Crippen LogP contribution in [0, 0.1) is 6.92 Å². The Bertz CT molecular complexity index is 719. The van der Waals surface area contributed by atoms with Crippen LogP contribution in [0.25, 0.3) is 0 Å². The van der Waals surface area contributed by atoms with Gasteiger partial charge >= 0.3 is 0 Å². The maximum atomic E-state index is 12.1. The molecular formula is C19H20O4. The van der Waals surface area contributed by atoms with E-state index in [0.717, 1.165) is 11.1 Å². The van der Waals surface area contributed by atoms with Crippen molar-refractivity contribution in [1.29, 1.82) is 0 Å². The zero-order valence-electron chi connectivity index (χ0n) is 13.3. The van der Waals surface area contributed by atoms with E-state index in [1.165, 1.54) is 13.2 Å². The Kier molecular flexibility index (Phi) is 5.52. The smallest absolute Gasteiger partial charge is 0.170 e. The van der Waals surface area contributed by atoms with Crippen LogP contribution >= 0.6 is 0 Å². The monoisotopic (exact) mass is 312 g/mol. The van der Waals surface area contributed by atoms with Crippen LogP contribution in [-0.4, -0.2) is 23.8 Å². The van der Waals surface area contributed by atoms with Gasteiger partial charge in [-0.1, -0.05) is 29.8 Å². The fraction of sp³-hybridized carbons (Fsp3) is 0.263. The lowest BCUT2D eigenvalue weighted by Crippen LogP contribution is -2.09. The fourth-order valence-electron chi connectivity index (χ4n) is 2.35. The molecule has 23 heavy (non-hydrogen) atoms. The molecule has 0 spiro atoms. The number of aryl methyl sites for hydroxylation is 2. The standard InChI is InChI=1S/C19H20O4/c1-13-4-3-5-15(10-13)18(22)12-16(20)8-6-14-7-9-17(21)19(11-14)23-2/h3-5,7,9-11,21H,6,8,12H2,1-2H3. The van der Waals surface area contributed by atoms with Crippen LogP contribution in [0.4, 0.5) is 0 Å². The molecule has 2 aromatic rings. The van der Waals surface area contributed by atoms with E-state index in [0.29, 0.717) is 17.7 Å². The van der Waals surface area contributed by atoms with Crippen molar-refractivity contribution in [3.8, 4) is 11.5 Å². The first-order chi connectivity index (χ1) is 11.0. The molecule has 4 nitrogen and oxygen atoms in total. The number of ether oxygens (including phenoxy) is 1. The molecule has 0 unspecified atom stereocenters. The van der Waals surface area contributed by atoms with E-state index in [9.17, 15) is 14.7 Å². The largest absolute Gasteiger partial charge is 0.504 e. The summed E-state index contributed by atoms with van der Waals surface area (Å²) in [5, 5.41) is 9.54. The van der Waals surface area contributed by atoms with Crippen molar-refractivity contribution in [3.63, 3.8) is 0 Å². The van der Waals surface area contributed by atoms with Gasteiger partial charge in [0.25, 0.3) is 0 Å². The number of aromatic hydroxyl groups is 1. The molecule has 0 saturated heterocycles. The lowest BCUT2D eigenvalue weighted by Gasteiger charge is -2.06. The predicted molar refractivity (Wildman–Crippen MR) is 88.1 cm³/mol. The quantitative estimate of drug-likeness (QED) is 0.628. The third-order valence-electron chi connectivity index (χ3n) is 3.63. The molecule has 120 valence electrons. The molecule has 0 bridgehead atoms. The van der Waals surface area contributed by atoms with E-state index < -0.39 is 0 Å². The molecule has 0 radical (unpaired) electrons. The molecule has 0 aliphatic heterocycles. The SMILES string of the molecule is COc1cc(CCC(=O)CC(=O)c2cccc(C)c2)ccc1O. The number of carbonyl (C=O) groups excluding carboxylic acids is 2. The normalized spacial score (nSPS) is 10.3. The Hall–Kier alpha value is -2.62. The van der Waals surface area contributed by atoms with Crippen molar-refractivity contribution < 1.29 is 19.4 Å². The van der Waals surface area contributed by atoms with Crippen molar-refractivity contribution in [1.82, 2.24) is 0 Å². The van der Waals surface area contributed by atoms with Gasteiger partial charge in [-0.3, -0.25) is 9.59 Å². The van der Waals surface area contributed by atoms with E-state index in [1.54, 1.807) is 24.3 Å². The number of hydrogen-bond donors (Lipinski definition) is 1. The molecule has 0 heterocycles. The van der Waals surface area contributed by atoms with Crippen molar-refractivity contribution in [2.24, 2.45) is 0 Å². The number of Topliss-reactive ketones (excluding diaryl/α,β-unsaturated/α-hetero) is 2. The number of rotatable bonds is 7. The van der Waals surface area contributed by atoms with Crippen molar-refractivity contribution in [2.45, 2.75) is 26.2 Å². The number of hydrogen-bond acceptors (Lipinski definition) is 4. The van der Waals surface area contributed by atoms with Gasteiger partial charge in [0.05, 0.1) is 13.5 Å². The van der Waals surface area contributed by atoms with Crippen LogP contribution in [0.15, 0.2) is 42.5 Å². The van der Waals surface area contributed by atoms with Gasteiger partial charge in [0.15, 0.2) is 17.3 Å². The van der Waals surface area contributed by atoms with E-state index in [1.807, 2.05) is 19.1 Å². The Morgan fingerprint density at radius 2 is 1.91 bits per heavy atom. The topological polar surface area (TPSA) is 63.6 Å². The molecule has 0 aliphatic carbocycles. The number of benzene rings is 2. The molecule has 2 rings (SSSR count). The summed E-state index contributed by atoms with van der Waals surface area (Å²) in [6, 6.07) is 12.2. The van der Waals surface area contributed by atoms with Crippen LogP contribution in [0.5, 0.6) is 11.5 Å². The first-order valence-corrected chi connectivity index (χ1v) is 7.47.